The molecule has 0 bridgehead atoms. The van der Waals surface area contributed by atoms with Crippen LogP contribution in [0.3, 0.4) is 0 Å². The molecule has 1 saturated heterocycles. The first-order valence-corrected chi connectivity index (χ1v) is 7.53. The van der Waals surface area contributed by atoms with Gasteiger partial charge in [0.2, 0.25) is 0 Å². The van der Waals surface area contributed by atoms with Crippen molar-refractivity contribution in [3.8, 4) is 0 Å². The Labute approximate surface area is 117 Å². The molecule has 2 heterocycles. The van der Waals surface area contributed by atoms with E-state index in [-0.39, 0.29) is 0 Å². The molecule has 0 saturated carbocycles. The lowest BCUT2D eigenvalue weighted by atomic mass is 10.0. The highest BCUT2D eigenvalue weighted by molar-refractivity contribution is 5.08. The predicted octanol–water partition coefficient (Wildman–Crippen LogP) is 2.43. The second-order valence-corrected chi connectivity index (χ2v) is 5.86. The molecule has 0 aliphatic carbocycles. The van der Waals surface area contributed by atoms with E-state index in [2.05, 4.69) is 34.9 Å². The van der Waals surface area contributed by atoms with Gasteiger partial charge in [-0.1, -0.05) is 12.5 Å². The first kappa shape index (κ1) is 14.5. The molecule has 3 nitrogen and oxygen atoms in total. The minimum Gasteiger partial charge on any atom is -0.305 e. The number of nitrogens with zero attached hydrogens (tertiary/aromatic N) is 3. The van der Waals surface area contributed by atoms with Gasteiger partial charge in [-0.25, -0.2) is 0 Å². The Morgan fingerprint density at radius 2 is 2.32 bits per heavy atom. The van der Waals surface area contributed by atoms with Gasteiger partial charge in [-0.2, -0.15) is 0 Å². The number of hydrogen-bond acceptors (Lipinski definition) is 3. The molecule has 1 aromatic rings. The highest BCUT2D eigenvalue weighted by atomic mass is 15.2. The molecule has 0 radical (unpaired) electrons. The van der Waals surface area contributed by atoms with Crippen LogP contribution in [0, 0.1) is 0 Å². The Balaban J connectivity index is 1.65. The summed E-state index contributed by atoms with van der Waals surface area (Å²) in [5, 5.41) is 0. The van der Waals surface area contributed by atoms with Crippen LogP contribution in [-0.4, -0.2) is 54.6 Å². The SMILES string of the molecule is CN(CCCc1cccnc1)C[C@H]1CCCCN1C. The first-order valence-electron chi connectivity index (χ1n) is 7.53. The summed E-state index contributed by atoms with van der Waals surface area (Å²) in [7, 11) is 4.53. The van der Waals surface area contributed by atoms with E-state index >= 15 is 0 Å². The lowest BCUT2D eigenvalue weighted by Gasteiger charge is -2.35. The number of aromatic nitrogens is 1. The number of pyridine rings is 1. The van der Waals surface area contributed by atoms with Crippen molar-refractivity contribution in [3.63, 3.8) is 0 Å². The lowest BCUT2D eigenvalue weighted by Crippen LogP contribution is -2.43. The van der Waals surface area contributed by atoms with Crippen LogP contribution in [0.15, 0.2) is 24.5 Å². The van der Waals surface area contributed by atoms with Crippen LogP contribution < -0.4 is 0 Å². The highest BCUT2D eigenvalue weighted by Crippen LogP contribution is 2.15. The number of rotatable bonds is 6. The molecule has 2 rings (SSSR count). The maximum absolute atomic E-state index is 4.17. The standard InChI is InChI=1S/C16H27N3/c1-18(14-16-9-3-4-12-19(16)2)11-6-8-15-7-5-10-17-13-15/h5,7,10,13,16H,3-4,6,8-9,11-12,14H2,1-2H3/t16-/m1/s1. The molecular weight excluding hydrogens is 234 g/mol. The van der Waals surface area contributed by atoms with E-state index in [9.17, 15) is 0 Å². The van der Waals surface area contributed by atoms with Crippen LogP contribution in [0.4, 0.5) is 0 Å². The molecule has 1 aliphatic rings. The van der Waals surface area contributed by atoms with Gasteiger partial charge in [0.15, 0.2) is 0 Å². The van der Waals surface area contributed by atoms with E-state index in [0.717, 1.165) is 12.5 Å². The van der Waals surface area contributed by atoms with Crippen molar-refractivity contribution in [1.29, 1.82) is 0 Å². The molecule has 1 aromatic heterocycles. The first-order chi connectivity index (χ1) is 9.25. The molecule has 0 aromatic carbocycles. The number of hydrogen-bond donors (Lipinski definition) is 0. The minimum absolute atomic E-state index is 0.761. The van der Waals surface area contributed by atoms with E-state index < -0.39 is 0 Å². The fraction of sp³-hybridized carbons (Fsp3) is 0.688. The Morgan fingerprint density at radius 1 is 1.42 bits per heavy atom. The average molecular weight is 261 g/mol. The minimum atomic E-state index is 0.761. The summed E-state index contributed by atoms with van der Waals surface area (Å²) in [5.74, 6) is 0. The quantitative estimate of drug-likeness (QED) is 0.784. The summed E-state index contributed by atoms with van der Waals surface area (Å²) in [4.78, 5) is 9.18. The summed E-state index contributed by atoms with van der Waals surface area (Å²) in [6, 6.07) is 4.95. The second-order valence-electron chi connectivity index (χ2n) is 5.86. The van der Waals surface area contributed by atoms with Crippen LogP contribution in [-0.2, 0) is 6.42 Å². The molecule has 3 heteroatoms. The molecular formula is C16H27N3. The lowest BCUT2D eigenvalue weighted by molar-refractivity contribution is 0.141. The summed E-state index contributed by atoms with van der Waals surface area (Å²) in [6.45, 7) is 3.66. The highest BCUT2D eigenvalue weighted by Gasteiger charge is 2.19. The van der Waals surface area contributed by atoms with Crippen LogP contribution in [0.25, 0.3) is 0 Å². The summed E-state index contributed by atoms with van der Waals surface area (Å²) < 4.78 is 0. The Bertz CT molecular complexity index is 352. The Kier molecular flexibility index (Phi) is 5.80. The van der Waals surface area contributed by atoms with Gasteiger partial charge in [-0.15, -0.1) is 0 Å². The third-order valence-electron chi connectivity index (χ3n) is 4.17. The van der Waals surface area contributed by atoms with Gasteiger partial charge in [0.05, 0.1) is 0 Å². The van der Waals surface area contributed by atoms with Gasteiger partial charge in [-0.05, 0) is 64.5 Å². The second kappa shape index (κ2) is 7.61. The normalized spacial score (nSPS) is 20.9. The van der Waals surface area contributed by atoms with Crippen molar-refractivity contribution < 1.29 is 0 Å². The molecule has 19 heavy (non-hydrogen) atoms. The molecule has 0 N–H and O–H groups in total. The molecule has 1 aliphatic heterocycles. The largest absolute Gasteiger partial charge is 0.305 e. The number of piperidine rings is 1. The predicted molar refractivity (Wildman–Crippen MR) is 80.3 cm³/mol. The van der Waals surface area contributed by atoms with Gasteiger partial charge < -0.3 is 9.80 Å². The van der Waals surface area contributed by atoms with Gasteiger partial charge in [0.25, 0.3) is 0 Å². The number of likely N-dealkylation sites (N-methyl/N-ethyl adjacent to an activating group) is 2. The van der Waals surface area contributed by atoms with Crippen molar-refractivity contribution in [3.05, 3.63) is 30.1 Å². The van der Waals surface area contributed by atoms with E-state index in [1.54, 1.807) is 0 Å². The van der Waals surface area contributed by atoms with E-state index in [1.165, 1.54) is 50.9 Å². The van der Waals surface area contributed by atoms with E-state index in [0.29, 0.717) is 0 Å². The smallest absolute Gasteiger partial charge is 0.0299 e. The molecule has 0 amide bonds. The summed E-state index contributed by atoms with van der Waals surface area (Å²) in [5.41, 5.74) is 1.35. The molecule has 1 atom stereocenters. The van der Waals surface area contributed by atoms with Crippen molar-refractivity contribution >= 4 is 0 Å². The van der Waals surface area contributed by atoms with Crippen LogP contribution in [0.2, 0.25) is 0 Å². The average Bonchev–Trinajstić information content (AvgIpc) is 2.43. The maximum Gasteiger partial charge on any atom is 0.0299 e. The summed E-state index contributed by atoms with van der Waals surface area (Å²) >= 11 is 0. The maximum atomic E-state index is 4.17. The van der Waals surface area contributed by atoms with Crippen LogP contribution >= 0.6 is 0 Å². The van der Waals surface area contributed by atoms with Crippen molar-refractivity contribution in [2.45, 2.75) is 38.1 Å². The van der Waals surface area contributed by atoms with Crippen LogP contribution in [0.1, 0.15) is 31.2 Å². The fourth-order valence-electron chi connectivity index (χ4n) is 2.92. The third kappa shape index (κ3) is 4.92. The number of aryl methyl sites for hydroxylation is 1. The van der Waals surface area contributed by atoms with Gasteiger partial charge in [-0.3, -0.25) is 4.98 Å². The van der Waals surface area contributed by atoms with Crippen LogP contribution in [0.5, 0.6) is 0 Å². The molecule has 0 spiro atoms. The molecule has 1 fully saturated rings. The fourth-order valence-corrected chi connectivity index (χ4v) is 2.92. The Morgan fingerprint density at radius 3 is 3.05 bits per heavy atom. The van der Waals surface area contributed by atoms with Gasteiger partial charge in [0.1, 0.15) is 0 Å². The van der Waals surface area contributed by atoms with E-state index in [1.807, 2.05) is 18.5 Å². The topological polar surface area (TPSA) is 19.4 Å². The molecule has 0 unspecified atom stereocenters. The monoisotopic (exact) mass is 261 g/mol. The van der Waals surface area contributed by atoms with Crippen molar-refractivity contribution in [1.82, 2.24) is 14.8 Å². The zero-order chi connectivity index (χ0) is 13.5. The summed E-state index contributed by atoms with van der Waals surface area (Å²) in [6.07, 6.45) is 10.3. The third-order valence-corrected chi connectivity index (χ3v) is 4.17. The zero-order valence-corrected chi connectivity index (χ0v) is 12.4. The number of likely N-dealkylation sites (tertiary alicyclic amines) is 1. The molecule has 106 valence electrons. The Hall–Kier alpha value is -0.930. The van der Waals surface area contributed by atoms with Crippen molar-refractivity contribution in [2.75, 3.05) is 33.7 Å². The van der Waals surface area contributed by atoms with Gasteiger partial charge >= 0.3 is 0 Å². The van der Waals surface area contributed by atoms with Gasteiger partial charge in [0, 0.05) is 25.0 Å². The van der Waals surface area contributed by atoms with E-state index in [4.69, 9.17) is 0 Å². The zero-order valence-electron chi connectivity index (χ0n) is 12.4. The van der Waals surface area contributed by atoms with Crippen molar-refractivity contribution in [2.24, 2.45) is 0 Å².